The van der Waals surface area contributed by atoms with Gasteiger partial charge in [-0.05, 0) is 13.3 Å². The molecule has 18 heavy (non-hydrogen) atoms. The molecule has 0 amide bonds. The second kappa shape index (κ2) is 6.15. The third kappa shape index (κ3) is 2.77. The summed E-state index contributed by atoms with van der Waals surface area (Å²) in [5.74, 6) is 1.05. The van der Waals surface area contributed by atoms with Gasteiger partial charge in [0.05, 0.1) is 10.6 Å². The molecule has 0 unspecified atom stereocenters. The number of aromatic nitrogens is 2. The Morgan fingerprint density at radius 2 is 2.28 bits per heavy atom. The molecule has 5 heteroatoms. The quantitative estimate of drug-likeness (QED) is 0.472. The molecule has 0 saturated carbocycles. The Kier molecular flexibility index (Phi) is 4.78. The molecule has 0 N–H and O–H groups in total. The summed E-state index contributed by atoms with van der Waals surface area (Å²) in [4.78, 5) is 18.0. The highest BCUT2D eigenvalue weighted by molar-refractivity contribution is 8.00. The van der Waals surface area contributed by atoms with Crippen LogP contribution in [0.1, 0.15) is 39.3 Å². The van der Waals surface area contributed by atoms with Gasteiger partial charge in [0.2, 0.25) is 0 Å². The number of nitrogens with zero attached hydrogens (tertiary/aromatic N) is 2. The number of hydrogen-bond donors (Lipinski definition) is 0. The van der Waals surface area contributed by atoms with Crippen LogP contribution in [-0.4, -0.2) is 20.6 Å². The van der Waals surface area contributed by atoms with E-state index in [0.29, 0.717) is 11.8 Å². The first kappa shape index (κ1) is 14.0. The molecule has 1 aliphatic heterocycles. The zero-order valence-electron chi connectivity index (χ0n) is 11.2. The number of fused-ring (bicyclic) bond motifs is 1. The fourth-order valence-electron chi connectivity index (χ4n) is 2.03. The van der Waals surface area contributed by atoms with E-state index in [2.05, 4.69) is 13.8 Å². The van der Waals surface area contributed by atoms with Gasteiger partial charge < -0.3 is 0 Å². The largest absolute Gasteiger partial charge is 0.287 e. The normalized spacial score (nSPS) is 18.1. The van der Waals surface area contributed by atoms with Gasteiger partial charge in [-0.25, -0.2) is 4.98 Å². The molecule has 1 aromatic heterocycles. The summed E-state index contributed by atoms with van der Waals surface area (Å²) in [6.45, 7) is 7.07. The summed E-state index contributed by atoms with van der Waals surface area (Å²) in [7, 11) is 0. The summed E-state index contributed by atoms with van der Waals surface area (Å²) in [6, 6.07) is 0. The van der Waals surface area contributed by atoms with Gasteiger partial charge in [0.15, 0.2) is 5.16 Å². The Labute approximate surface area is 117 Å². The van der Waals surface area contributed by atoms with Crippen LogP contribution in [0.3, 0.4) is 0 Å². The lowest BCUT2D eigenvalue weighted by Crippen LogP contribution is -2.24. The van der Waals surface area contributed by atoms with Crippen LogP contribution in [0.4, 0.5) is 0 Å². The van der Waals surface area contributed by atoms with Crippen molar-refractivity contribution < 1.29 is 0 Å². The molecule has 0 aromatic carbocycles. The van der Waals surface area contributed by atoms with Gasteiger partial charge >= 0.3 is 0 Å². The van der Waals surface area contributed by atoms with E-state index in [4.69, 9.17) is 4.98 Å². The van der Waals surface area contributed by atoms with Crippen molar-refractivity contribution in [2.75, 3.05) is 5.75 Å². The van der Waals surface area contributed by atoms with Crippen LogP contribution in [0.15, 0.2) is 14.8 Å². The van der Waals surface area contributed by atoms with E-state index in [9.17, 15) is 4.79 Å². The molecule has 0 saturated heterocycles. The third-order valence-corrected chi connectivity index (χ3v) is 5.29. The summed E-state index contributed by atoms with van der Waals surface area (Å²) >= 11 is 3.40. The summed E-state index contributed by atoms with van der Waals surface area (Å²) in [6.07, 6.45) is 3.29. The lowest BCUT2D eigenvalue weighted by Gasteiger charge is -2.11. The zero-order valence-corrected chi connectivity index (χ0v) is 12.9. The topological polar surface area (TPSA) is 34.9 Å². The first-order valence-corrected chi connectivity index (χ1v) is 8.47. The first-order chi connectivity index (χ1) is 8.67. The van der Waals surface area contributed by atoms with Crippen molar-refractivity contribution in [3.8, 4) is 0 Å². The second-order valence-corrected chi connectivity index (χ2v) is 7.06. The number of hydrogen-bond acceptors (Lipinski definition) is 4. The Morgan fingerprint density at radius 3 is 2.94 bits per heavy atom. The molecular weight excluding hydrogens is 264 g/mol. The Morgan fingerprint density at radius 1 is 1.50 bits per heavy atom. The number of thioether (sulfide) groups is 2. The van der Waals surface area contributed by atoms with E-state index in [1.807, 2.05) is 11.5 Å². The van der Waals surface area contributed by atoms with Crippen molar-refractivity contribution in [3.05, 3.63) is 16.0 Å². The molecule has 0 radical (unpaired) electrons. The van der Waals surface area contributed by atoms with Crippen molar-refractivity contribution in [1.82, 2.24) is 9.55 Å². The minimum absolute atomic E-state index is 0.163. The number of rotatable bonds is 5. The van der Waals surface area contributed by atoms with Crippen molar-refractivity contribution in [2.24, 2.45) is 0 Å². The highest BCUT2D eigenvalue weighted by Crippen LogP contribution is 2.34. The highest BCUT2D eigenvalue weighted by atomic mass is 32.2. The molecule has 1 atom stereocenters. The van der Waals surface area contributed by atoms with Gasteiger partial charge in [0.25, 0.3) is 5.56 Å². The van der Waals surface area contributed by atoms with Crippen molar-refractivity contribution in [1.29, 1.82) is 0 Å². The first-order valence-electron chi connectivity index (χ1n) is 6.60. The SMILES string of the molecule is CCCCSc1nc2c(c(=O)n1CC)S[C@H](C)C2. The standard InChI is InChI=1S/C13H20N2OS2/c1-4-6-7-17-13-14-10-8-9(3)18-11(10)12(16)15(13)5-2/h9H,4-8H2,1-3H3/t9-/m1/s1. The molecule has 0 bridgehead atoms. The van der Waals surface area contributed by atoms with Crippen LogP contribution in [0.5, 0.6) is 0 Å². The molecule has 1 aliphatic rings. The molecule has 3 nitrogen and oxygen atoms in total. The minimum atomic E-state index is 0.163. The van der Waals surface area contributed by atoms with Gasteiger partial charge in [-0.15, -0.1) is 11.8 Å². The summed E-state index contributed by atoms with van der Waals surface area (Å²) in [5, 5.41) is 1.39. The molecule has 100 valence electrons. The molecule has 1 aromatic rings. The molecule has 0 spiro atoms. The predicted molar refractivity (Wildman–Crippen MR) is 78.8 cm³/mol. The lowest BCUT2D eigenvalue weighted by molar-refractivity contribution is 0.595. The average molecular weight is 284 g/mol. The van der Waals surface area contributed by atoms with E-state index in [1.54, 1.807) is 23.5 Å². The van der Waals surface area contributed by atoms with Gasteiger partial charge in [-0.3, -0.25) is 9.36 Å². The molecule has 0 aliphatic carbocycles. The van der Waals surface area contributed by atoms with Crippen molar-refractivity contribution >= 4 is 23.5 Å². The lowest BCUT2D eigenvalue weighted by atomic mass is 10.2. The monoisotopic (exact) mass is 284 g/mol. The van der Waals surface area contributed by atoms with Crippen molar-refractivity contribution in [3.63, 3.8) is 0 Å². The average Bonchev–Trinajstić information content (AvgIpc) is 2.71. The third-order valence-electron chi connectivity index (χ3n) is 3.01. The molecule has 0 fully saturated rings. The summed E-state index contributed by atoms with van der Waals surface area (Å²) < 4.78 is 1.82. The summed E-state index contributed by atoms with van der Waals surface area (Å²) in [5.41, 5.74) is 1.18. The molecule has 2 heterocycles. The van der Waals surface area contributed by atoms with Gasteiger partial charge in [-0.1, -0.05) is 32.0 Å². The van der Waals surface area contributed by atoms with Crippen molar-refractivity contribution in [2.45, 2.75) is 61.9 Å². The number of unbranched alkanes of at least 4 members (excludes halogenated alkanes) is 1. The van der Waals surface area contributed by atoms with E-state index >= 15 is 0 Å². The fourth-order valence-corrected chi connectivity index (χ4v) is 4.31. The molecule has 2 rings (SSSR count). The smallest absolute Gasteiger partial charge is 0.268 e. The van der Waals surface area contributed by atoms with Crippen LogP contribution in [0, 0.1) is 0 Å². The maximum Gasteiger partial charge on any atom is 0.268 e. The second-order valence-electron chi connectivity index (χ2n) is 4.55. The van der Waals surface area contributed by atoms with Crippen LogP contribution < -0.4 is 5.56 Å². The van der Waals surface area contributed by atoms with Gasteiger partial charge in [0.1, 0.15) is 0 Å². The van der Waals surface area contributed by atoms with Crippen LogP contribution >= 0.6 is 23.5 Å². The van der Waals surface area contributed by atoms with E-state index in [-0.39, 0.29) is 5.56 Å². The zero-order chi connectivity index (χ0) is 13.1. The van der Waals surface area contributed by atoms with Crippen LogP contribution in [-0.2, 0) is 13.0 Å². The highest BCUT2D eigenvalue weighted by Gasteiger charge is 2.25. The predicted octanol–water partition coefficient (Wildman–Crippen LogP) is 3.19. The maximum absolute atomic E-state index is 12.4. The molecular formula is C13H20N2OS2. The van der Waals surface area contributed by atoms with Gasteiger partial charge in [0, 0.05) is 24.0 Å². The Balaban J connectivity index is 2.32. The van der Waals surface area contributed by atoms with E-state index < -0.39 is 0 Å². The van der Waals surface area contributed by atoms with Crippen LogP contribution in [0.25, 0.3) is 0 Å². The maximum atomic E-state index is 12.4. The van der Waals surface area contributed by atoms with E-state index in [1.165, 1.54) is 12.8 Å². The van der Waals surface area contributed by atoms with E-state index in [0.717, 1.165) is 27.9 Å². The Hall–Kier alpha value is -0.420. The minimum Gasteiger partial charge on any atom is -0.287 e. The Bertz CT molecular complexity index is 485. The van der Waals surface area contributed by atoms with Crippen LogP contribution in [0.2, 0.25) is 0 Å². The fraction of sp³-hybridized carbons (Fsp3) is 0.692. The van der Waals surface area contributed by atoms with Gasteiger partial charge in [-0.2, -0.15) is 0 Å².